The summed E-state index contributed by atoms with van der Waals surface area (Å²) in [6.07, 6.45) is 0. The second kappa shape index (κ2) is 4.58. The van der Waals surface area contributed by atoms with E-state index in [4.69, 9.17) is 0 Å². The summed E-state index contributed by atoms with van der Waals surface area (Å²) in [5.74, 6) is 0. The smallest absolute Gasteiger partial charge is 0.855 e. The van der Waals surface area contributed by atoms with E-state index < -0.39 is 8.32 Å². The van der Waals surface area contributed by atoms with Gasteiger partial charge in [-0.1, -0.05) is 48.1 Å². The van der Waals surface area contributed by atoms with Gasteiger partial charge in [-0.05, 0) is 15.2 Å². The molecule has 0 aliphatic rings. The molecule has 0 saturated carbocycles. The normalized spacial score (nSPS) is 10.7. The second-order valence-corrected chi connectivity index (χ2v) is 6.97. The van der Waals surface area contributed by atoms with E-state index in [0.29, 0.717) is 0 Å². The topological polar surface area (TPSA) is 23.1 Å². The van der Waals surface area contributed by atoms with Crippen molar-refractivity contribution in [3.05, 3.63) is 29.8 Å². The molecule has 0 atom stereocenters. The van der Waals surface area contributed by atoms with Crippen LogP contribution in [0.3, 0.4) is 0 Å². The van der Waals surface area contributed by atoms with Gasteiger partial charge in [0.15, 0.2) is 0 Å². The number of rotatable bonds is 1. The molecular weight excluding hydrogens is 175 g/mol. The fraction of sp³-hybridized carbons (Fsp3) is 0.333. The molecule has 1 aromatic rings. The standard InChI is InChI=1S/C9H13OSi.Na/c1-8-4-6-9(7-5-8)11(2,3)10;/h4-7H,1-3H3;/q-1;+1. The Kier molecular flexibility index (Phi) is 4.73. The third-order valence-corrected chi connectivity index (χ3v) is 3.47. The van der Waals surface area contributed by atoms with Crippen LogP contribution in [-0.2, 0) is 0 Å². The summed E-state index contributed by atoms with van der Waals surface area (Å²) in [5.41, 5.74) is 1.21. The van der Waals surface area contributed by atoms with E-state index in [1.807, 2.05) is 44.3 Å². The summed E-state index contributed by atoms with van der Waals surface area (Å²) in [6, 6.07) is 7.91. The molecule has 0 fully saturated rings. The first-order valence-electron chi connectivity index (χ1n) is 3.78. The fourth-order valence-electron chi connectivity index (χ4n) is 0.955. The van der Waals surface area contributed by atoms with Crippen molar-refractivity contribution in [1.82, 2.24) is 0 Å². The Balaban J connectivity index is 0.00000121. The van der Waals surface area contributed by atoms with Gasteiger partial charge in [-0.3, -0.25) is 0 Å². The molecule has 3 heteroatoms. The van der Waals surface area contributed by atoms with E-state index >= 15 is 0 Å². The van der Waals surface area contributed by atoms with E-state index in [1.165, 1.54) is 5.56 Å². The Morgan fingerprint density at radius 3 is 1.83 bits per heavy atom. The Bertz CT molecular complexity index is 238. The summed E-state index contributed by atoms with van der Waals surface area (Å²) < 4.78 is 0. The SMILES string of the molecule is Cc1ccc([Si](C)(C)[O-])cc1.[Na+]. The van der Waals surface area contributed by atoms with Gasteiger partial charge in [-0.25, -0.2) is 0 Å². The zero-order valence-electron chi connectivity index (χ0n) is 8.22. The summed E-state index contributed by atoms with van der Waals surface area (Å²) in [5, 5.41) is 0.989. The maximum absolute atomic E-state index is 11.6. The predicted octanol–water partition coefficient (Wildman–Crippen LogP) is -2.23. The molecule has 0 N–H and O–H groups in total. The first kappa shape index (κ1) is 12.4. The van der Waals surface area contributed by atoms with Crippen molar-refractivity contribution in [2.45, 2.75) is 20.0 Å². The van der Waals surface area contributed by atoms with Gasteiger partial charge in [0.2, 0.25) is 0 Å². The fourth-order valence-corrected chi connectivity index (χ4v) is 1.92. The van der Waals surface area contributed by atoms with Crippen molar-refractivity contribution in [3.63, 3.8) is 0 Å². The Morgan fingerprint density at radius 1 is 1.08 bits per heavy atom. The molecule has 0 heterocycles. The Morgan fingerprint density at radius 2 is 1.50 bits per heavy atom. The van der Waals surface area contributed by atoms with Crippen LogP contribution in [0.4, 0.5) is 0 Å². The molecule has 0 aliphatic carbocycles. The Labute approximate surface area is 97.2 Å². The average molecular weight is 188 g/mol. The van der Waals surface area contributed by atoms with Crippen molar-refractivity contribution in [1.29, 1.82) is 0 Å². The van der Waals surface area contributed by atoms with Crippen LogP contribution in [0, 0.1) is 6.92 Å². The summed E-state index contributed by atoms with van der Waals surface area (Å²) >= 11 is 0. The van der Waals surface area contributed by atoms with Crippen LogP contribution >= 0.6 is 0 Å². The van der Waals surface area contributed by atoms with Crippen molar-refractivity contribution in [2.24, 2.45) is 0 Å². The third-order valence-electron chi connectivity index (χ3n) is 1.75. The molecule has 0 spiro atoms. The number of benzene rings is 1. The molecule has 0 aliphatic heterocycles. The van der Waals surface area contributed by atoms with Crippen molar-refractivity contribution in [2.75, 3.05) is 0 Å². The van der Waals surface area contributed by atoms with Gasteiger partial charge in [-0.2, -0.15) is 0 Å². The van der Waals surface area contributed by atoms with Gasteiger partial charge in [0.1, 0.15) is 0 Å². The molecule has 1 aromatic carbocycles. The van der Waals surface area contributed by atoms with Gasteiger partial charge in [0.25, 0.3) is 0 Å². The molecule has 1 nitrogen and oxygen atoms in total. The van der Waals surface area contributed by atoms with Crippen LogP contribution in [0.5, 0.6) is 0 Å². The number of hydrogen-bond donors (Lipinski definition) is 0. The molecule has 60 valence electrons. The molecule has 0 radical (unpaired) electrons. The van der Waals surface area contributed by atoms with Crippen molar-refractivity contribution in [3.8, 4) is 0 Å². The van der Waals surface area contributed by atoms with Gasteiger partial charge in [-0.15, -0.1) is 0 Å². The molecule has 0 saturated heterocycles. The van der Waals surface area contributed by atoms with E-state index in [1.54, 1.807) is 0 Å². The van der Waals surface area contributed by atoms with Crippen LogP contribution in [0.15, 0.2) is 24.3 Å². The Hall–Kier alpha value is 0.397. The van der Waals surface area contributed by atoms with Crippen molar-refractivity contribution >= 4 is 13.5 Å². The van der Waals surface area contributed by atoms with Crippen molar-refractivity contribution < 1.29 is 34.4 Å². The number of aryl methyl sites for hydroxylation is 1. The molecule has 0 bridgehead atoms. The maximum atomic E-state index is 11.6. The van der Waals surface area contributed by atoms with E-state index in [-0.39, 0.29) is 29.6 Å². The summed E-state index contributed by atoms with van der Waals surface area (Å²) in [4.78, 5) is 11.6. The minimum atomic E-state index is -2.31. The first-order chi connectivity index (χ1) is 5.00. The van der Waals surface area contributed by atoms with E-state index in [0.717, 1.165) is 5.19 Å². The van der Waals surface area contributed by atoms with Crippen LogP contribution in [0.25, 0.3) is 0 Å². The largest absolute Gasteiger partial charge is 1.00 e. The average Bonchev–Trinajstić information content (AvgIpc) is 1.86. The van der Waals surface area contributed by atoms with Crippen LogP contribution in [0.1, 0.15) is 5.56 Å². The number of hydrogen-bond acceptors (Lipinski definition) is 1. The molecular formula is C9H13NaOSi. The zero-order chi connectivity index (χ0) is 8.48. The van der Waals surface area contributed by atoms with Crippen LogP contribution < -0.4 is 39.5 Å². The van der Waals surface area contributed by atoms with Gasteiger partial charge >= 0.3 is 29.6 Å². The minimum Gasteiger partial charge on any atom is -0.855 e. The van der Waals surface area contributed by atoms with Crippen LogP contribution in [0.2, 0.25) is 13.1 Å². The predicted molar refractivity (Wildman–Crippen MR) is 48.3 cm³/mol. The van der Waals surface area contributed by atoms with Gasteiger partial charge in [0, 0.05) is 0 Å². The third kappa shape index (κ3) is 3.41. The van der Waals surface area contributed by atoms with Gasteiger partial charge in [0.05, 0.1) is 0 Å². The summed E-state index contributed by atoms with van der Waals surface area (Å²) in [7, 11) is -2.31. The molecule has 0 unspecified atom stereocenters. The van der Waals surface area contributed by atoms with Gasteiger partial charge < -0.3 is 4.80 Å². The van der Waals surface area contributed by atoms with E-state index in [9.17, 15) is 4.80 Å². The summed E-state index contributed by atoms with van der Waals surface area (Å²) in [6.45, 7) is 5.67. The van der Waals surface area contributed by atoms with E-state index in [2.05, 4.69) is 0 Å². The quantitative estimate of drug-likeness (QED) is 0.458. The molecule has 1 rings (SSSR count). The molecule has 12 heavy (non-hydrogen) atoms. The molecule has 0 amide bonds. The zero-order valence-corrected chi connectivity index (χ0v) is 11.2. The molecule has 0 aromatic heterocycles. The maximum Gasteiger partial charge on any atom is 1.00 e. The van der Waals surface area contributed by atoms with Crippen LogP contribution in [-0.4, -0.2) is 8.32 Å². The first-order valence-corrected chi connectivity index (χ1v) is 6.68. The minimum absolute atomic E-state index is 0. The monoisotopic (exact) mass is 188 g/mol. The second-order valence-electron chi connectivity index (χ2n) is 3.38.